The van der Waals surface area contributed by atoms with Crippen LogP contribution in [0, 0.1) is 0 Å². The first kappa shape index (κ1) is 11.8. The number of nitrogens with zero attached hydrogens (tertiary/aromatic N) is 3. The van der Waals surface area contributed by atoms with E-state index in [1.807, 2.05) is 6.07 Å². The van der Waals surface area contributed by atoms with Gasteiger partial charge in [-0.2, -0.15) is 0 Å². The van der Waals surface area contributed by atoms with Crippen LogP contribution in [0.2, 0.25) is 0 Å². The fraction of sp³-hybridized carbons (Fsp3) is 0.545. The molecule has 1 aromatic rings. The lowest BCUT2D eigenvalue weighted by molar-refractivity contribution is 0.0957. The second-order valence-electron chi connectivity index (χ2n) is 4.18. The van der Waals surface area contributed by atoms with Gasteiger partial charge in [-0.25, -0.2) is 0 Å². The quantitative estimate of drug-likeness (QED) is 0.739. The van der Waals surface area contributed by atoms with Crippen LogP contribution in [0.5, 0.6) is 0 Å². The van der Waals surface area contributed by atoms with Gasteiger partial charge in [0.15, 0.2) is 11.5 Å². The second-order valence-corrected chi connectivity index (χ2v) is 4.18. The number of carbonyl (C=O) groups is 1. The fourth-order valence-corrected chi connectivity index (χ4v) is 1.87. The van der Waals surface area contributed by atoms with E-state index in [0.717, 1.165) is 31.7 Å². The second kappa shape index (κ2) is 5.09. The predicted molar refractivity (Wildman–Crippen MR) is 64.8 cm³/mol. The van der Waals surface area contributed by atoms with Crippen LogP contribution in [-0.4, -0.2) is 42.3 Å². The Hall–Kier alpha value is -1.69. The van der Waals surface area contributed by atoms with Gasteiger partial charge in [0.05, 0.1) is 0 Å². The van der Waals surface area contributed by atoms with E-state index in [1.54, 1.807) is 13.1 Å². The highest BCUT2D eigenvalue weighted by Crippen LogP contribution is 2.16. The molecular weight excluding hydrogens is 218 g/mol. The molecule has 0 aromatic carbocycles. The summed E-state index contributed by atoms with van der Waals surface area (Å²) in [6, 6.07) is 3.81. The Balaban J connectivity index is 2.05. The third-order valence-electron chi connectivity index (χ3n) is 2.97. The van der Waals surface area contributed by atoms with Gasteiger partial charge in [-0.05, 0) is 25.0 Å². The Kier molecular flexibility index (Phi) is 3.53. The third kappa shape index (κ3) is 2.71. The van der Waals surface area contributed by atoms with E-state index in [1.165, 1.54) is 0 Å². The van der Waals surface area contributed by atoms with Crippen molar-refractivity contribution in [1.29, 1.82) is 0 Å². The van der Waals surface area contributed by atoms with Crippen LogP contribution in [0.3, 0.4) is 0 Å². The lowest BCUT2D eigenvalue weighted by Gasteiger charge is -2.30. The summed E-state index contributed by atoms with van der Waals surface area (Å²) in [7, 11) is 1.57. The van der Waals surface area contributed by atoms with E-state index in [-0.39, 0.29) is 5.91 Å². The minimum absolute atomic E-state index is 0.218. The molecule has 1 amide bonds. The monoisotopic (exact) mass is 235 g/mol. The third-order valence-corrected chi connectivity index (χ3v) is 2.97. The van der Waals surface area contributed by atoms with Crippen LogP contribution in [-0.2, 0) is 0 Å². The van der Waals surface area contributed by atoms with Crippen LogP contribution < -0.4 is 16.0 Å². The van der Waals surface area contributed by atoms with Crippen LogP contribution in [0.25, 0.3) is 0 Å². The van der Waals surface area contributed by atoms with Crippen LogP contribution in [0.15, 0.2) is 12.1 Å². The first-order valence-electron chi connectivity index (χ1n) is 5.77. The molecular formula is C11H17N5O. The zero-order valence-electron chi connectivity index (χ0n) is 9.89. The molecule has 2 rings (SSSR count). The summed E-state index contributed by atoms with van der Waals surface area (Å²) in [6.07, 6.45) is 1.94. The van der Waals surface area contributed by atoms with Crippen molar-refractivity contribution in [1.82, 2.24) is 15.5 Å². The standard InChI is InChI=1S/C11H17N5O/c1-13-11(17)9-2-3-10(15-14-9)16-6-4-8(12)5-7-16/h2-3,8H,4-7,12H2,1H3,(H,13,17). The molecule has 0 spiro atoms. The predicted octanol–water partition coefficient (Wildman–Crippen LogP) is -0.236. The largest absolute Gasteiger partial charge is 0.355 e. The Morgan fingerprint density at radius 2 is 2.12 bits per heavy atom. The maximum atomic E-state index is 11.3. The van der Waals surface area contributed by atoms with Gasteiger partial charge in [-0.3, -0.25) is 4.79 Å². The summed E-state index contributed by atoms with van der Waals surface area (Å²) in [4.78, 5) is 13.4. The summed E-state index contributed by atoms with van der Waals surface area (Å²) in [6.45, 7) is 1.80. The van der Waals surface area contributed by atoms with Crippen LogP contribution in [0.1, 0.15) is 23.3 Å². The first-order valence-corrected chi connectivity index (χ1v) is 5.77. The molecule has 3 N–H and O–H groups in total. The van der Waals surface area contributed by atoms with Crippen LogP contribution in [0.4, 0.5) is 5.82 Å². The molecule has 0 bridgehead atoms. The molecule has 0 saturated carbocycles. The van der Waals surface area contributed by atoms with Gasteiger partial charge in [0.1, 0.15) is 0 Å². The highest BCUT2D eigenvalue weighted by atomic mass is 16.1. The van der Waals surface area contributed by atoms with E-state index < -0.39 is 0 Å². The molecule has 1 saturated heterocycles. The summed E-state index contributed by atoms with van der Waals surface area (Å²) in [5.41, 5.74) is 6.18. The van der Waals surface area contributed by atoms with E-state index in [4.69, 9.17) is 5.73 Å². The zero-order valence-corrected chi connectivity index (χ0v) is 9.89. The molecule has 1 aliphatic rings. The van der Waals surface area contributed by atoms with Gasteiger partial charge >= 0.3 is 0 Å². The van der Waals surface area contributed by atoms with Crippen molar-refractivity contribution in [2.75, 3.05) is 25.0 Å². The SMILES string of the molecule is CNC(=O)c1ccc(N2CCC(N)CC2)nn1. The van der Waals surface area contributed by atoms with E-state index in [9.17, 15) is 4.79 Å². The zero-order chi connectivity index (χ0) is 12.3. The number of hydrogen-bond donors (Lipinski definition) is 2. The highest BCUT2D eigenvalue weighted by Gasteiger charge is 2.17. The van der Waals surface area contributed by atoms with Crippen molar-refractivity contribution in [3.05, 3.63) is 17.8 Å². The minimum atomic E-state index is -0.218. The Bertz CT molecular complexity index is 383. The summed E-state index contributed by atoms with van der Waals surface area (Å²) >= 11 is 0. The van der Waals surface area contributed by atoms with Gasteiger partial charge in [-0.1, -0.05) is 0 Å². The Morgan fingerprint density at radius 3 is 2.65 bits per heavy atom. The molecule has 6 nitrogen and oxygen atoms in total. The van der Waals surface area contributed by atoms with Gasteiger partial charge in [0.25, 0.3) is 5.91 Å². The van der Waals surface area contributed by atoms with E-state index in [2.05, 4.69) is 20.4 Å². The first-order chi connectivity index (χ1) is 8.20. The smallest absolute Gasteiger partial charge is 0.271 e. The van der Waals surface area contributed by atoms with Crippen molar-refractivity contribution in [3.8, 4) is 0 Å². The number of aromatic nitrogens is 2. The molecule has 1 fully saturated rings. The molecule has 6 heteroatoms. The number of anilines is 1. The Labute approximate surface area is 100 Å². The lowest BCUT2D eigenvalue weighted by Crippen LogP contribution is -2.40. The maximum Gasteiger partial charge on any atom is 0.271 e. The molecule has 1 aliphatic heterocycles. The number of nitrogens with one attached hydrogen (secondary N) is 1. The lowest BCUT2D eigenvalue weighted by atomic mass is 10.1. The van der Waals surface area contributed by atoms with Crippen molar-refractivity contribution >= 4 is 11.7 Å². The number of nitrogens with two attached hydrogens (primary N) is 1. The summed E-state index contributed by atoms with van der Waals surface area (Å²) in [5, 5.41) is 10.5. The number of piperidine rings is 1. The molecule has 0 atom stereocenters. The molecule has 0 unspecified atom stereocenters. The fourth-order valence-electron chi connectivity index (χ4n) is 1.87. The average molecular weight is 235 g/mol. The highest BCUT2D eigenvalue weighted by molar-refractivity contribution is 5.91. The van der Waals surface area contributed by atoms with Gasteiger partial charge in [-0.15, -0.1) is 10.2 Å². The molecule has 1 aromatic heterocycles. The molecule has 0 radical (unpaired) electrons. The Morgan fingerprint density at radius 1 is 1.41 bits per heavy atom. The molecule has 2 heterocycles. The van der Waals surface area contributed by atoms with Crippen molar-refractivity contribution in [2.24, 2.45) is 5.73 Å². The van der Waals surface area contributed by atoms with Crippen molar-refractivity contribution in [2.45, 2.75) is 18.9 Å². The number of rotatable bonds is 2. The van der Waals surface area contributed by atoms with E-state index in [0.29, 0.717) is 11.7 Å². The molecule has 92 valence electrons. The number of amides is 1. The normalized spacial score (nSPS) is 16.9. The maximum absolute atomic E-state index is 11.3. The van der Waals surface area contributed by atoms with Gasteiger partial charge in [0, 0.05) is 26.2 Å². The van der Waals surface area contributed by atoms with Crippen molar-refractivity contribution < 1.29 is 4.79 Å². The average Bonchev–Trinajstić information content (AvgIpc) is 2.39. The molecule has 17 heavy (non-hydrogen) atoms. The number of carbonyl (C=O) groups excluding carboxylic acids is 1. The number of hydrogen-bond acceptors (Lipinski definition) is 5. The van der Waals surface area contributed by atoms with Gasteiger partial charge < -0.3 is 16.0 Å². The van der Waals surface area contributed by atoms with E-state index >= 15 is 0 Å². The topological polar surface area (TPSA) is 84.1 Å². The summed E-state index contributed by atoms with van der Waals surface area (Å²) < 4.78 is 0. The minimum Gasteiger partial charge on any atom is -0.355 e. The summed E-state index contributed by atoms with van der Waals surface area (Å²) in [5.74, 6) is 0.592. The van der Waals surface area contributed by atoms with Crippen LogP contribution >= 0.6 is 0 Å². The van der Waals surface area contributed by atoms with Crippen molar-refractivity contribution in [3.63, 3.8) is 0 Å². The van der Waals surface area contributed by atoms with Gasteiger partial charge in [0.2, 0.25) is 0 Å². The molecule has 0 aliphatic carbocycles.